The predicted molar refractivity (Wildman–Crippen MR) is 81.6 cm³/mol. The molecule has 2 aliphatic carbocycles. The molecule has 0 radical (unpaired) electrons. The van der Waals surface area contributed by atoms with Crippen molar-refractivity contribution in [1.82, 2.24) is 9.55 Å². The largest absolute Gasteiger partial charge is 0.329 e. The highest BCUT2D eigenvalue weighted by Gasteiger charge is 2.67. The van der Waals surface area contributed by atoms with Gasteiger partial charge < -0.3 is 4.57 Å². The molecule has 3 unspecified atom stereocenters. The number of hydrogen-bond acceptors (Lipinski definition) is 2. The fraction of sp³-hybridized carbons (Fsp3) is 0.533. The van der Waals surface area contributed by atoms with Gasteiger partial charge >= 0.3 is 0 Å². The van der Waals surface area contributed by atoms with Crippen LogP contribution in [0.1, 0.15) is 30.7 Å². The molecule has 2 nitrogen and oxygen atoms in total. The molecule has 2 aromatic heterocycles. The molecule has 0 amide bonds. The van der Waals surface area contributed by atoms with Gasteiger partial charge in [-0.3, -0.25) is 0 Å². The number of aromatic nitrogens is 2. The molecule has 0 N–H and O–H groups in total. The van der Waals surface area contributed by atoms with E-state index in [0.29, 0.717) is 5.92 Å². The SMILES string of the molecule is CC1(F)C2CC(C(c3sccc3Br)n3ccnc3)CC21. The van der Waals surface area contributed by atoms with Crippen LogP contribution in [0.4, 0.5) is 4.39 Å². The number of fused-ring (bicyclic) bond motifs is 1. The van der Waals surface area contributed by atoms with Gasteiger partial charge in [-0.15, -0.1) is 11.3 Å². The summed E-state index contributed by atoms with van der Waals surface area (Å²) in [7, 11) is 0. The lowest BCUT2D eigenvalue weighted by atomic mass is 9.90. The van der Waals surface area contributed by atoms with Crippen LogP contribution in [0.2, 0.25) is 0 Å². The number of halogens is 2. The summed E-state index contributed by atoms with van der Waals surface area (Å²) in [4.78, 5) is 5.52. The quantitative estimate of drug-likeness (QED) is 0.782. The fourth-order valence-corrected chi connectivity index (χ4v) is 5.81. The Morgan fingerprint density at radius 2 is 2.25 bits per heavy atom. The number of nitrogens with zero attached hydrogens (tertiary/aromatic N) is 2. The molecule has 2 fully saturated rings. The van der Waals surface area contributed by atoms with Gasteiger partial charge in [0.2, 0.25) is 0 Å². The molecular weight excluding hydrogens is 339 g/mol. The zero-order valence-electron chi connectivity index (χ0n) is 11.2. The second-order valence-electron chi connectivity index (χ2n) is 6.18. The Labute approximate surface area is 130 Å². The van der Waals surface area contributed by atoms with Crippen molar-refractivity contribution in [1.29, 1.82) is 0 Å². The Balaban J connectivity index is 1.66. The van der Waals surface area contributed by atoms with Gasteiger partial charge in [0, 0.05) is 21.7 Å². The van der Waals surface area contributed by atoms with E-state index >= 15 is 0 Å². The highest BCUT2D eigenvalue weighted by atomic mass is 79.9. The lowest BCUT2D eigenvalue weighted by Crippen LogP contribution is -2.21. The number of hydrogen-bond donors (Lipinski definition) is 0. The third-order valence-corrected chi connectivity index (χ3v) is 7.09. The zero-order chi connectivity index (χ0) is 13.9. The van der Waals surface area contributed by atoms with E-state index in [1.54, 1.807) is 18.3 Å². The van der Waals surface area contributed by atoms with Gasteiger partial charge in [0.1, 0.15) is 5.67 Å². The maximum absolute atomic E-state index is 14.1. The Kier molecular flexibility index (Phi) is 2.87. The van der Waals surface area contributed by atoms with E-state index < -0.39 is 5.67 Å². The third kappa shape index (κ3) is 1.82. The van der Waals surface area contributed by atoms with Crippen LogP contribution < -0.4 is 0 Å². The van der Waals surface area contributed by atoms with Gasteiger partial charge in [0.05, 0.1) is 12.4 Å². The molecule has 2 heterocycles. The molecule has 0 saturated heterocycles. The second-order valence-corrected chi connectivity index (χ2v) is 7.99. The van der Waals surface area contributed by atoms with Gasteiger partial charge in [0.15, 0.2) is 0 Å². The summed E-state index contributed by atoms with van der Waals surface area (Å²) < 4.78 is 17.4. The molecule has 0 bridgehead atoms. The summed E-state index contributed by atoms with van der Waals surface area (Å²) in [6, 6.07) is 2.38. The van der Waals surface area contributed by atoms with Crippen LogP contribution in [-0.4, -0.2) is 15.2 Å². The number of rotatable bonds is 3. The van der Waals surface area contributed by atoms with E-state index in [9.17, 15) is 4.39 Å². The molecule has 106 valence electrons. The molecule has 5 heteroatoms. The summed E-state index contributed by atoms with van der Waals surface area (Å²) in [5.74, 6) is 1.06. The lowest BCUT2D eigenvalue weighted by Gasteiger charge is -2.27. The average Bonchev–Trinajstić information content (AvgIpc) is 2.97. The number of thiophene rings is 1. The van der Waals surface area contributed by atoms with Crippen LogP contribution in [0.25, 0.3) is 0 Å². The molecular formula is C15H16BrFN2S. The molecule has 0 aliphatic heterocycles. The van der Waals surface area contributed by atoms with Crippen molar-refractivity contribution < 1.29 is 4.39 Å². The highest BCUT2D eigenvalue weighted by Crippen LogP contribution is 2.66. The Bertz CT molecular complexity index is 608. The summed E-state index contributed by atoms with van der Waals surface area (Å²) in [5, 5.41) is 2.11. The highest BCUT2D eigenvalue weighted by molar-refractivity contribution is 9.10. The van der Waals surface area contributed by atoms with E-state index in [4.69, 9.17) is 0 Å². The molecule has 4 rings (SSSR count). The first-order chi connectivity index (χ1) is 9.59. The maximum Gasteiger partial charge on any atom is 0.114 e. The van der Waals surface area contributed by atoms with Crippen molar-refractivity contribution in [3.8, 4) is 0 Å². The summed E-state index contributed by atoms with van der Waals surface area (Å²) in [6.45, 7) is 1.77. The number of alkyl halides is 1. The molecule has 0 spiro atoms. The molecule has 2 aromatic rings. The van der Waals surface area contributed by atoms with Crippen molar-refractivity contribution in [3.05, 3.63) is 39.5 Å². The predicted octanol–water partition coefficient (Wildman–Crippen LogP) is 4.68. The van der Waals surface area contributed by atoms with Crippen molar-refractivity contribution in [2.45, 2.75) is 31.5 Å². The topological polar surface area (TPSA) is 17.8 Å². The maximum atomic E-state index is 14.1. The van der Waals surface area contributed by atoms with Gasteiger partial charge in [-0.05, 0) is 64.9 Å². The van der Waals surface area contributed by atoms with Crippen molar-refractivity contribution in [2.24, 2.45) is 17.8 Å². The minimum absolute atomic E-state index is 0.275. The lowest BCUT2D eigenvalue weighted by molar-refractivity contribution is 0.224. The van der Waals surface area contributed by atoms with Crippen LogP contribution in [0.15, 0.2) is 34.6 Å². The van der Waals surface area contributed by atoms with E-state index in [1.165, 1.54) is 4.88 Å². The van der Waals surface area contributed by atoms with E-state index in [1.807, 2.05) is 18.7 Å². The normalized spacial score (nSPS) is 36.9. The smallest absolute Gasteiger partial charge is 0.114 e. The summed E-state index contributed by atoms with van der Waals surface area (Å²) >= 11 is 5.42. The van der Waals surface area contributed by atoms with Crippen molar-refractivity contribution >= 4 is 27.3 Å². The summed E-state index contributed by atoms with van der Waals surface area (Å²) in [5.41, 5.74) is -0.900. The minimum atomic E-state index is -0.900. The average molecular weight is 355 g/mol. The van der Waals surface area contributed by atoms with E-state index in [-0.39, 0.29) is 17.9 Å². The minimum Gasteiger partial charge on any atom is -0.329 e. The second kappa shape index (κ2) is 4.41. The Morgan fingerprint density at radius 3 is 2.80 bits per heavy atom. The molecule has 20 heavy (non-hydrogen) atoms. The monoisotopic (exact) mass is 354 g/mol. The van der Waals surface area contributed by atoms with Crippen molar-refractivity contribution in [3.63, 3.8) is 0 Å². The van der Waals surface area contributed by atoms with Gasteiger partial charge in [-0.25, -0.2) is 9.37 Å². The first-order valence-corrected chi connectivity index (χ1v) is 8.65. The van der Waals surface area contributed by atoms with Crippen LogP contribution in [0, 0.1) is 17.8 Å². The molecule has 0 aromatic carbocycles. The zero-order valence-corrected chi connectivity index (χ0v) is 13.6. The van der Waals surface area contributed by atoms with Crippen molar-refractivity contribution in [2.75, 3.05) is 0 Å². The van der Waals surface area contributed by atoms with Crippen LogP contribution >= 0.6 is 27.3 Å². The Hall–Kier alpha value is -0.680. The molecule has 2 aliphatic rings. The standard InChI is InChI=1S/C15H16BrFN2S/c1-15(17)10-6-9(7-11(10)15)13(19-4-3-18-8-19)14-12(16)2-5-20-14/h2-5,8-11,13H,6-7H2,1H3. The third-order valence-electron chi connectivity index (χ3n) is 5.15. The Morgan fingerprint density at radius 1 is 1.50 bits per heavy atom. The first kappa shape index (κ1) is 13.0. The summed E-state index contributed by atoms with van der Waals surface area (Å²) in [6.07, 6.45) is 7.71. The number of imidazole rings is 1. The van der Waals surface area contributed by atoms with Gasteiger partial charge in [-0.1, -0.05) is 0 Å². The first-order valence-electron chi connectivity index (χ1n) is 6.98. The fourth-order valence-electron chi connectivity index (χ4n) is 4.00. The molecule has 2 saturated carbocycles. The van der Waals surface area contributed by atoms with E-state index in [0.717, 1.165) is 17.3 Å². The molecule has 3 atom stereocenters. The van der Waals surface area contributed by atoms with Crippen LogP contribution in [-0.2, 0) is 0 Å². The van der Waals surface area contributed by atoms with E-state index in [2.05, 4.69) is 36.9 Å². The van der Waals surface area contributed by atoms with Crippen LogP contribution in [0.3, 0.4) is 0 Å². The van der Waals surface area contributed by atoms with Gasteiger partial charge in [-0.2, -0.15) is 0 Å². The van der Waals surface area contributed by atoms with Gasteiger partial charge in [0.25, 0.3) is 0 Å². The van der Waals surface area contributed by atoms with Crippen LogP contribution in [0.5, 0.6) is 0 Å².